The first kappa shape index (κ1) is 14.4. The number of aromatic nitrogens is 2. The van der Waals surface area contributed by atoms with Crippen LogP contribution in [-0.2, 0) is 5.41 Å². The van der Waals surface area contributed by atoms with Crippen molar-refractivity contribution in [2.24, 2.45) is 0 Å². The summed E-state index contributed by atoms with van der Waals surface area (Å²) in [7, 11) is 2.16. The zero-order valence-corrected chi connectivity index (χ0v) is 13.2. The third-order valence-electron chi connectivity index (χ3n) is 5.06. The number of nitrogens with one attached hydrogen (secondary N) is 1. The van der Waals surface area contributed by atoms with E-state index in [9.17, 15) is 4.39 Å². The number of nitrogens with zero attached hydrogens (tertiary/aromatic N) is 2. The number of rotatable bonds is 2. The summed E-state index contributed by atoms with van der Waals surface area (Å²) in [5.74, 6) is 0.724. The van der Waals surface area contributed by atoms with Crippen molar-refractivity contribution in [3.05, 3.63) is 65.7 Å². The molecule has 0 atom stereocenters. The molecule has 0 unspecified atom stereocenters. The SMILES string of the molecule is CN1CCC(c2ccccc2)(c2nc3ccc(F)cc3[nH]2)CC1. The Bertz CT molecular complexity index is 817. The smallest absolute Gasteiger partial charge is 0.125 e. The van der Waals surface area contributed by atoms with Gasteiger partial charge in [-0.05, 0) is 56.7 Å². The van der Waals surface area contributed by atoms with Gasteiger partial charge in [0.2, 0.25) is 0 Å². The van der Waals surface area contributed by atoms with Crippen LogP contribution in [0.15, 0.2) is 48.5 Å². The molecule has 1 aromatic heterocycles. The average Bonchev–Trinajstić information content (AvgIpc) is 3.00. The lowest BCUT2D eigenvalue weighted by Gasteiger charge is -2.39. The predicted octanol–water partition coefficient (Wildman–Crippen LogP) is 3.71. The number of likely N-dealkylation sites (tertiary alicyclic amines) is 1. The standard InChI is InChI=1S/C19H20FN3/c1-23-11-9-19(10-12-23,14-5-3-2-4-6-14)18-21-16-8-7-15(20)13-17(16)22-18/h2-8,13H,9-12H2,1H3,(H,21,22). The van der Waals surface area contributed by atoms with E-state index in [0.29, 0.717) is 0 Å². The zero-order valence-electron chi connectivity index (χ0n) is 13.2. The lowest BCUT2D eigenvalue weighted by molar-refractivity contribution is 0.207. The molecule has 118 valence electrons. The second-order valence-corrected chi connectivity index (χ2v) is 6.50. The summed E-state index contributed by atoms with van der Waals surface area (Å²) >= 11 is 0. The maximum atomic E-state index is 13.5. The quantitative estimate of drug-likeness (QED) is 0.782. The number of piperidine rings is 1. The molecule has 1 aliphatic rings. The minimum absolute atomic E-state index is 0.122. The van der Waals surface area contributed by atoms with Crippen LogP contribution in [0.4, 0.5) is 4.39 Å². The fourth-order valence-electron chi connectivity index (χ4n) is 3.63. The summed E-state index contributed by atoms with van der Waals surface area (Å²) < 4.78 is 13.5. The van der Waals surface area contributed by atoms with Crippen molar-refractivity contribution in [3.63, 3.8) is 0 Å². The Hall–Kier alpha value is -2.20. The van der Waals surface area contributed by atoms with Crippen molar-refractivity contribution in [1.29, 1.82) is 0 Å². The van der Waals surface area contributed by atoms with E-state index in [1.807, 2.05) is 6.07 Å². The first-order valence-corrected chi connectivity index (χ1v) is 8.07. The first-order chi connectivity index (χ1) is 11.2. The molecule has 1 saturated heterocycles. The average molecular weight is 309 g/mol. The van der Waals surface area contributed by atoms with Crippen LogP contribution in [0.1, 0.15) is 24.2 Å². The normalized spacial score (nSPS) is 18.3. The fraction of sp³-hybridized carbons (Fsp3) is 0.316. The number of benzene rings is 2. The van der Waals surface area contributed by atoms with Gasteiger partial charge in [0.25, 0.3) is 0 Å². The van der Waals surface area contributed by atoms with E-state index in [1.54, 1.807) is 6.07 Å². The van der Waals surface area contributed by atoms with Crippen LogP contribution in [0.25, 0.3) is 11.0 Å². The monoisotopic (exact) mass is 309 g/mol. The van der Waals surface area contributed by atoms with Gasteiger partial charge < -0.3 is 9.88 Å². The van der Waals surface area contributed by atoms with Crippen molar-refractivity contribution in [1.82, 2.24) is 14.9 Å². The molecule has 1 aliphatic heterocycles. The Balaban J connectivity index is 1.87. The molecule has 0 amide bonds. The molecule has 3 aromatic rings. The molecular weight excluding hydrogens is 289 g/mol. The molecule has 0 spiro atoms. The van der Waals surface area contributed by atoms with Gasteiger partial charge in [-0.1, -0.05) is 30.3 Å². The van der Waals surface area contributed by atoms with Crippen LogP contribution in [0.2, 0.25) is 0 Å². The molecule has 0 bridgehead atoms. The summed E-state index contributed by atoms with van der Waals surface area (Å²) in [6, 6.07) is 15.3. The third-order valence-corrected chi connectivity index (χ3v) is 5.06. The highest BCUT2D eigenvalue weighted by molar-refractivity contribution is 5.75. The molecule has 4 heteroatoms. The van der Waals surface area contributed by atoms with Crippen molar-refractivity contribution in [2.45, 2.75) is 18.3 Å². The molecular formula is C19H20FN3. The zero-order chi connectivity index (χ0) is 15.9. The molecule has 0 saturated carbocycles. The number of hydrogen-bond donors (Lipinski definition) is 1. The molecule has 4 rings (SSSR count). The van der Waals surface area contributed by atoms with Gasteiger partial charge in [-0.3, -0.25) is 0 Å². The summed E-state index contributed by atoms with van der Waals surface area (Å²) in [6.45, 7) is 2.06. The lowest BCUT2D eigenvalue weighted by atomic mass is 9.72. The molecule has 1 N–H and O–H groups in total. The summed E-state index contributed by atoms with van der Waals surface area (Å²) in [4.78, 5) is 10.6. The van der Waals surface area contributed by atoms with E-state index in [-0.39, 0.29) is 11.2 Å². The van der Waals surface area contributed by atoms with Crippen molar-refractivity contribution in [2.75, 3.05) is 20.1 Å². The van der Waals surface area contributed by atoms with Gasteiger partial charge in [0, 0.05) is 0 Å². The van der Waals surface area contributed by atoms with Crippen LogP contribution in [-0.4, -0.2) is 35.0 Å². The van der Waals surface area contributed by atoms with Gasteiger partial charge in [-0.15, -0.1) is 0 Å². The van der Waals surface area contributed by atoms with Crippen LogP contribution >= 0.6 is 0 Å². The minimum Gasteiger partial charge on any atom is -0.341 e. The Morgan fingerprint density at radius 1 is 1.09 bits per heavy atom. The number of imidazole rings is 1. The molecule has 2 heterocycles. The summed E-state index contributed by atoms with van der Waals surface area (Å²) in [5.41, 5.74) is 2.76. The van der Waals surface area contributed by atoms with Gasteiger partial charge in [0.15, 0.2) is 0 Å². The first-order valence-electron chi connectivity index (χ1n) is 8.07. The Kier molecular flexibility index (Phi) is 3.42. The van der Waals surface area contributed by atoms with Crippen LogP contribution in [0.3, 0.4) is 0 Å². The minimum atomic E-state index is -0.232. The van der Waals surface area contributed by atoms with Gasteiger partial charge in [0.1, 0.15) is 11.6 Å². The number of H-pyrrole nitrogens is 1. The Labute approximate surface area is 135 Å². The molecule has 0 aliphatic carbocycles. The van der Waals surface area contributed by atoms with Crippen LogP contribution < -0.4 is 0 Å². The summed E-state index contributed by atoms with van der Waals surface area (Å²) in [6.07, 6.45) is 2.02. The summed E-state index contributed by atoms with van der Waals surface area (Å²) in [5, 5.41) is 0. The fourth-order valence-corrected chi connectivity index (χ4v) is 3.63. The predicted molar refractivity (Wildman–Crippen MR) is 90.0 cm³/mol. The lowest BCUT2D eigenvalue weighted by Crippen LogP contribution is -2.42. The second kappa shape index (κ2) is 5.46. The van der Waals surface area contributed by atoms with E-state index in [4.69, 9.17) is 4.98 Å². The van der Waals surface area contributed by atoms with E-state index in [2.05, 4.69) is 41.2 Å². The van der Waals surface area contributed by atoms with Crippen LogP contribution in [0.5, 0.6) is 0 Å². The van der Waals surface area contributed by atoms with E-state index >= 15 is 0 Å². The van der Waals surface area contributed by atoms with Gasteiger partial charge >= 0.3 is 0 Å². The van der Waals surface area contributed by atoms with Gasteiger partial charge in [-0.25, -0.2) is 9.37 Å². The van der Waals surface area contributed by atoms with Crippen molar-refractivity contribution in [3.8, 4) is 0 Å². The van der Waals surface area contributed by atoms with E-state index in [0.717, 1.165) is 42.8 Å². The Morgan fingerprint density at radius 3 is 2.57 bits per heavy atom. The largest absolute Gasteiger partial charge is 0.341 e. The molecule has 2 aromatic carbocycles. The third kappa shape index (κ3) is 2.43. The Morgan fingerprint density at radius 2 is 1.83 bits per heavy atom. The number of hydrogen-bond acceptors (Lipinski definition) is 2. The number of aromatic amines is 1. The molecule has 3 nitrogen and oxygen atoms in total. The van der Waals surface area contributed by atoms with E-state index < -0.39 is 0 Å². The topological polar surface area (TPSA) is 31.9 Å². The van der Waals surface area contributed by atoms with Gasteiger partial charge in [0.05, 0.1) is 16.4 Å². The van der Waals surface area contributed by atoms with Crippen molar-refractivity contribution >= 4 is 11.0 Å². The van der Waals surface area contributed by atoms with Crippen molar-refractivity contribution < 1.29 is 4.39 Å². The van der Waals surface area contributed by atoms with Gasteiger partial charge in [-0.2, -0.15) is 0 Å². The molecule has 23 heavy (non-hydrogen) atoms. The number of halogens is 1. The maximum absolute atomic E-state index is 13.5. The highest BCUT2D eigenvalue weighted by atomic mass is 19.1. The highest BCUT2D eigenvalue weighted by Crippen LogP contribution is 2.40. The van der Waals surface area contributed by atoms with E-state index in [1.165, 1.54) is 17.7 Å². The maximum Gasteiger partial charge on any atom is 0.125 e. The molecule has 0 radical (unpaired) electrons. The molecule has 1 fully saturated rings. The second-order valence-electron chi connectivity index (χ2n) is 6.50. The highest BCUT2D eigenvalue weighted by Gasteiger charge is 2.39. The number of fused-ring (bicyclic) bond motifs is 1. The van der Waals surface area contributed by atoms with Crippen LogP contribution in [0, 0.1) is 5.82 Å².